The van der Waals surface area contributed by atoms with Crippen molar-refractivity contribution in [1.82, 2.24) is 34.3 Å². The molecule has 0 unspecified atom stereocenters. The Kier molecular flexibility index (Phi) is 6.63. The fourth-order valence-electron chi connectivity index (χ4n) is 4.98. The molecule has 0 saturated heterocycles. The van der Waals surface area contributed by atoms with Gasteiger partial charge in [-0.05, 0) is 56.5 Å². The Labute approximate surface area is 237 Å². The number of aliphatic hydroxyl groups is 1. The lowest BCUT2D eigenvalue weighted by atomic mass is 9.87. The third kappa shape index (κ3) is 4.98. The number of anilines is 1. The Hall–Kier alpha value is -4.48. The Morgan fingerprint density at radius 1 is 0.951 bits per heavy atom. The number of hydrogen-bond donors (Lipinski definition) is 2. The molecule has 5 heterocycles. The van der Waals surface area contributed by atoms with Crippen LogP contribution in [0.3, 0.4) is 0 Å². The van der Waals surface area contributed by atoms with E-state index in [-0.39, 0.29) is 12.4 Å². The molecule has 1 atom stereocenters. The maximum atomic E-state index is 13.4. The van der Waals surface area contributed by atoms with Gasteiger partial charge in [0.2, 0.25) is 0 Å². The minimum absolute atomic E-state index is 0.0104. The molecule has 4 aromatic heterocycles. The summed E-state index contributed by atoms with van der Waals surface area (Å²) < 4.78 is 17.0. The SMILES string of the molecule is CC(C)(CO)n1cc(-c2cc3c(N4CC=C(c5ncc([C@@](C)(N)c6ccc(F)cc6)cn5)CC4)ncnn3c2)cn1. The van der Waals surface area contributed by atoms with E-state index in [9.17, 15) is 9.50 Å². The van der Waals surface area contributed by atoms with Gasteiger partial charge in [0.1, 0.15) is 17.7 Å². The van der Waals surface area contributed by atoms with Crippen molar-refractivity contribution in [2.45, 2.75) is 38.3 Å². The summed E-state index contributed by atoms with van der Waals surface area (Å²) in [7, 11) is 0. The molecule has 3 N–H and O–H groups in total. The molecule has 41 heavy (non-hydrogen) atoms. The molecule has 10 nitrogen and oxygen atoms in total. The van der Waals surface area contributed by atoms with E-state index in [4.69, 9.17) is 5.73 Å². The van der Waals surface area contributed by atoms with E-state index >= 15 is 0 Å². The van der Waals surface area contributed by atoms with E-state index in [0.29, 0.717) is 12.4 Å². The van der Waals surface area contributed by atoms with Gasteiger partial charge in [-0.2, -0.15) is 10.2 Å². The van der Waals surface area contributed by atoms with Crippen LogP contribution >= 0.6 is 0 Å². The molecule has 0 saturated carbocycles. The quantitative estimate of drug-likeness (QED) is 0.312. The van der Waals surface area contributed by atoms with E-state index in [1.807, 2.05) is 37.7 Å². The second kappa shape index (κ2) is 10.2. The summed E-state index contributed by atoms with van der Waals surface area (Å²) in [5, 5.41) is 18.6. The van der Waals surface area contributed by atoms with Crippen LogP contribution in [0.2, 0.25) is 0 Å². The second-order valence-corrected chi connectivity index (χ2v) is 11.2. The van der Waals surface area contributed by atoms with Crippen LogP contribution in [0.5, 0.6) is 0 Å². The Balaban J connectivity index is 1.20. The number of halogens is 1. The minimum Gasteiger partial charge on any atom is -0.394 e. The van der Waals surface area contributed by atoms with Crippen molar-refractivity contribution in [2.24, 2.45) is 5.73 Å². The number of hydrogen-bond acceptors (Lipinski definition) is 8. The molecule has 5 aromatic rings. The molecule has 0 amide bonds. The van der Waals surface area contributed by atoms with E-state index < -0.39 is 11.1 Å². The number of rotatable bonds is 7. The monoisotopic (exact) mass is 553 g/mol. The van der Waals surface area contributed by atoms with Crippen LogP contribution in [-0.4, -0.2) is 59.1 Å². The van der Waals surface area contributed by atoms with E-state index in [2.05, 4.69) is 42.2 Å². The third-order valence-electron chi connectivity index (χ3n) is 7.80. The molecule has 0 aliphatic carbocycles. The van der Waals surface area contributed by atoms with Crippen molar-refractivity contribution in [1.29, 1.82) is 0 Å². The number of fused-ring (bicyclic) bond motifs is 1. The van der Waals surface area contributed by atoms with Crippen LogP contribution in [-0.2, 0) is 11.1 Å². The number of benzene rings is 1. The van der Waals surface area contributed by atoms with Crippen molar-refractivity contribution in [3.05, 3.63) is 96.5 Å². The molecular formula is C30H32FN9O. The predicted octanol–water partition coefficient (Wildman–Crippen LogP) is 3.77. The first-order chi connectivity index (χ1) is 19.7. The zero-order chi connectivity index (χ0) is 28.8. The van der Waals surface area contributed by atoms with E-state index in [1.165, 1.54) is 12.1 Å². The van der Waals surface area contributed by atoms with Gasteiger partial charge < -0.3 is 15.7 Å². The summed E-state index contributed by atoms with van der Waals surface area (Å²) in [6, 6.07) is 8.24. The zero-order valence-corrected chi connectivity index (χ0v) is 23.2. The van der Waals surface area contributed by atoms with Gasteiger partial charge in [-0.1, -0.05) is 18.2 Å². The summed E-state index contributed by atoms with van der Waals surface area (Å²) in [5.74, 6) is 1.22. The highest BCUT2D eigenvalue weighted by molar-refractivity contribution is 5.78. The van der Waals surface area contributed by atoms with Crippen molar-refractivity contribution in [3.63, 3.8) is 0 Å². The van der Waals surface area contributed by atoms with Crippen molar-refractivity contribution >= 4 is 16.9 Å². The Morgan fingerprint density at radius 3 is 2.39 bits per heavy atom. The topological polar surface area (TPSA) is 123 Å². The highest BCUT2D eigenvalue weighted by Gasteiger charge is 2.26. The van der Waals surface area contributed by atoms with E-state index in [0.717, 1.165) is 52.1 Å². The van der Waals surface area contributed by atoms with Gasteiger partial charge in [-0.25, -0.2) is 23.9 Å². The summed E-state index contributed by atoms with van der Waals surface area (Å²) in [4.78, 5) is 16.1. The molecule has 0 bridgehead atoms. The number of aliphatic hydroxyl groups excluding tert-OH is 1. The summed E-state index contributed by atoms with van der Waals surface area (Å²) in [6.45, 7) is 7.13. The van der Waals surface area contributed by atoms with Gasteiger partial charge in [-0.3, -0.25) is 4.68 Å². The van der Waals surface area contributed by atoms with Crippen LogP contribution in [0.25, 0.3) is 22.2 Å². The molecule has 1 aliphatic heterocycles. The van der Waals surface area contributed by atoms with Gasteiger partial charge in [0.15, 0.2) is 11.6 Å². The van der Waals surface area contributed by atoms with Crippen molar-refractivity contribution in [3.8, 4) is 11.1 Å². The zero-order valence-electron chi connectivity index (χ0n) is 23.2. The molecule has 0 fully saturated rings. The molecule has 0 radical (unpaired) electrons. The molecular weight excluding hydrogens is 521 g/mol. The first-order valence-corrected chi connectivity index (χ1v) is 13.5. The normalized spacial score (nSPS) is 15.7. The van der Waals surface area contributed by atoms with Crippen molar-refractivity contribution in [2.75, 3.05) is 24.6 Å². The first-order valence-electron chi connectivity index (χ1n) is 13.5. The predicted molar refractivity (Wildman–Crippen MR) is 154 cm³/mol. The molecule has 1 aliphatic rings. The van der Waals surface area contributed by atoms with Gasteiger partial charge in [-0.15, -0.1) is 0 Å². The summed E-state index contributed by atoms with van der Waals surface area (Å²) in [6.07, 6.45) is 13.6. The molecule has 0 spiro atoms. The van der Waals surface area contributed by atoms with Gasteiger partial charge >= 0.3 is 0 Å². The van der Waals surface area contributed by atoms with Crippen LogP contribution in [0.1, 0.15) is 44.1 Å². The lowest BCUT2D eigenvalue weighted by Gasteiger charge is -2.28. The van der Waals surface area contributed by atoms with Crippen LogP contribution < -0.4 is 10.6 Å². The maximum Gasteiger partial charge on any atom is 0.156 e. The highest BCUT2D eigenvalue weighted by Crippen LogP contribution is 2.31. The van der Waals surface area contributed by atoms with Crippen LogP contribution in [0.4, 0.5) is 10.2 Å². The largest absolute Gasteiger partial charge is 0.394 e. The van der Waals surface area contributed by atoms with E-state index in [1.54, 1.807) is 41.7 Å². The summed E-state index contributed by atoms with van der Waals surface area (Å²) in [5.41, 5.74) is 10.7. The summed E-state index contributed by atoms with van der Waals surface area (Å²) >= 11 is 0. The Morgan fingerprint density at radius 2 is 1.71 bits per heavy atom. The maximum absolute atomic E-state index is 13.4. The standard InChI is InChI=1S/C30H32FN9O/c1-29(2,18-41)40-17-22(13-36-40)21-12-26-28(35-19-37-39(26)16-21)38-10-8-20(9-11-38)27-33-14-24(15-34-27)30(3,32)23-4-6-25(31)7-5-23/h4-8,12-17,19,41H,9-11,18,32H2,1-3H3/t30-/m0/s1. The second-order valence-electron chi connectivity index (χ2n) is 11.2. The first kappa shape index (κ1) is 26.7. The fraction of sp³-hybridized carbons (Fsp3) is 0.300. The number of nitrogens with zero attached hydrogens (tertiary/aromatic N) is 8. The average Bonchev–Trinajstić information content (AvgIpc) is 3.66. The van der Waals surface area contributed by atoms with Gasteiger partial charge in [0, 0.05) is 54.6 Å². The smallest absolute Gasteiger partial charge is 0.156 e. The molecule has 210 valence electrons. The lowest BCUT2D eigenvalue weighted by Crippen LogP contribution is -2.34. The van der Waals surface area contributed by atoms with Crippen LogP contribution in [0, 0.1) is 5.82 Å². The highest BCUT2D eigenvalue weighted by atomic mass is 19.1. The molecule has 1 aromatic carbocycles. The van der Waals surface area contributed by atoms with Gasteiger partial charge in [0.05, 0.1) is 23.9 Å². The van der Waals surface area contributed by atoms with Gasteiger partial charge in [0.25, 0.3) is 0 Å². The minimum atomic E-state index is -0.841. The molecule has 11 heteroatoms. The average molecular weight is 554 g/mol. The third-order valence-corrected chi connectivity index (χ3v) is 7.80. The molecule has 6 rings (SSSR count). The number of aromatic nitrogens is 7. The fourth-order valence-corrected chi connectivity index (χ4v) is 4.98. The Bertz CT molecular complexity index is 1720. The lowest BCUT2D eigenvalue weighted by molar-refractivity contribution is 0.152. The van der Waals surface area contributed by atoms with Crippen LogP contribution in [0.15, 0.2) is 73.7 Å². The number of nitrogens with two attached hydrogens (primary N) is 1. The van der Waals surface area contributed by atoms with Crippen molar-refractivity contribution < 1.29 is 9.50 Å².